The highest BCUT2D eigenvalue weighted by molar-refractivity contribution is 7.11. The first kappa shape index (κ1) is 17.1. The van der Waals surface area contributed by atoms with E-state index in [4.69, 9.17) is 0 Å². The van der Waals surface area contributed by atoms with Gasteiger partial charge in [-0.1, -0.05) is 18.2 Å². The molecule has 0 amide bonds. The van der Waals surface area contributed by atoms with Gasteiger partial charge in [0.25, 0.3) is 5.69 Å². The zero-order chi connectivity index (χ0) is 18.7. The Morgan fingerprint density at radius 1 is 1.23 bits per heavy atom. The second-order valence-corrected chi connectivity index (χ2v) is 6.12. The van der Waals surface area contributed by atoms with Crippen LogP contribution in [0.3, 0.4) is 0 Å². The molecule has 0 saturated heterocycles. The monoisotopic (exact) mass is 365 g/mol. The molecule has 26 heavy (non-hydrogen) atoms. The van der Waals surface area contributed by atoms with Crippen LogP contribution in [0, 0.1) is 21.4 Å². The van der Waals surface area contributed by atoms with Crippen molar-refractivity contribution in [3.8, 4) is 28.8 Å². The summed E-state index contributed by atoms with van der Waals surface area (Å²) in [5, 5.41) is 41.4. The van der Waals surface area contributed by atoms with Crippen LogP contribution >= 0.6 is 11.3 Å². The van der Waals surface area contributed by atoms with Crippen LogP contribution < -0.4 is 0 Å². The van der Waals surface area contributed by atoms with Gasteiger partial charge in [-0.3, -0.25) is 10.1 Å². The summed E-state index contributed by atoms with van der Waals surface area (Å²) < 4.78 is 0. The zero-order valence-corrected chi connectivity index (χ0v) is 14.0. The zero-order valence-electron chi connectivity index (χ0n) is 13.2. The van der Waals surface area contributed by atoms with Gasteiger partial charge < -0.3 is 10.2 Å². The number of benzene rings is 2. The predicted molar refractivity (Wildman–Crippen MR) is 97.5 cm³/mol. The van der Waals surface area contributed by atoms with Crippen molar-refractivity contribution in [2.75, 3.05) is 0 Å². The van der Waals surface area contributed by atoms with Gasteiger partial charge >= 0.3 is 0 Å². The number of thiazole rings is 1. The van der Waals surface area contributed by atoms with Crippen LogP contribution in [0.5, 0.6) is 11.5 Å². The van der Waals surface area contributed by atoms with Gasteiger partial charge in [-0.05, 0) is 23.8 Å². The molecule has 2 aromatic carbocycles. The van der Waals surface area contributed by atoms with E-state index in [1.54, 1.807) is 23.6 Å². The smallest absolute Gasteiger partial charge is 0.270 e. The van der Waals surface area contributed by atoms with E-state index in [2.05, 4.69) is 11.1 Å². The molecule has 0 spiro atoms. The van der Waals surface area contributed by atoms with Crippen molar-refractivity contribution in [1.29, 1.82) is 5.26 Å². The molecule has 0 bridgehead atoms. The largest absolute Gasteiger partial charge is 0.504 e. The molecule has 3 aromatic rings. The predicted octanol–water partition coefficient (Wildman–Crippen LogP) is 4.19. The maximum atomic E-state index is 10.9. The summed E-state index contributed by atoms with van der Waals surface area (Å²) in [4.78, 5) is 14.8. The quantitative estimate of drug-likeness (QED) is 0.309. The molecule has 0 aliphatic rings. The number of nitrogens with zero attached hydrogens (tertiary/aromatic N) is 3. The number of allylic oxidation sites excluding steroid dienone is 1. The summed E-state index contributed by atoms with van der Waals surface area (Å²) in [5.41, 5.74) is 1.89. The Morgan fingerprint density at radius 3 is 2.73 bits per heavy atom. The van der Waals surface area contributed by atoms with Crippen molar-refractivity contribution >= 4 is 28.7 Å². The maximum Gasteiger partial charge on any atom is 0.270 e. The number of hydrogen-bond donors (Lipinski definition) is 2. The number of aromatic hydroxyl groups is 2. The first-order valence-electron chi connectivity index (χ1n) is 7.32. The normalized spacial score (nSPS) is 11.1. The molecule has 0 fully saturated rings. The van der Waals surface area contributed by atoms with Crippen molar-refractivity contribution in [3.05, 3.63) is 68.5 Å². The number of phenols is 2. The molecule has 2 N–H and O–H groups in total. The minimum Gasteiger partial charge on any atom is -0.504 e. The van der Waals surface area contributed by atoms with Crippen LogP contribution in [0.2, 0.25) is 0 Å². The Hall–Kier alpha value is -3.70. The summed E-state index contributed by atoms with van der Waals surface area (Å²) >= 11 is 1.23. The molecule has 128 valence electrons. The van der Waals surface area contributed by atoms with Gasteiger partial charge in [0.2, 0.25) is 0 Å². The second kappa shape index (κ2) is 7.04. The number of nitro benzene ring substituents is 1. The average Bonchev–Trinajstić information content (AvgIpc) is 3.12. The Bertz CT molecular complexity index is 1070. The van der Waals surface area contributed by atoms with E-state index in [1.165, 1.54) is 41.7 Å². The molecule has 0 unspecified atom stereocenters. The highest BCUT2D eigenvalue weighted by atomic mass is 32.1. The fraction of sp³-hybridized carbons (Fsp3) is 0. The maximum absolute atomic E-state index is 10.9. The molecular weight excluding hydrogens is 354 g/mol. The summed E-state index contributed by atoms with van der Waals surface area (Å²) in [6.45, 7) is 0. The van der Waals surface area contributed by atoms with Crippen molar-refractivity contribution < 1.29 is 15.1 Å². The van der Waals surface area contributed by atoms with Gasteiger partial charge in [0.05, 0.1) is 16.2 Å². The standard InChI is InChI=1S/C18H11N3O4S/c19-9-13(6-11-4-5-16(22)17(23)7-11)18-20-15(10-26-18)12-2-1-3-14(8-12)21(24)25/h1-8,10,22-23H/b13-6+. The van der Waals surface area contributed by atoms with Crippen LogP contribution in [-0.4, -0.2) is 20.1 Å². The number of nitriles is 1. The summed E-state index contributed by atoms with van der Waals surface area (Å²) in [7, 11) is 0. The fourth-order valence-corrected chi connectivity index (χ4v) is 3.04. The summed E-state index contributed by atoms with van der Waals surface area (Å²) in [5.74, 6) is -0.532. The number of nitro groups is 1. The third kappa shape index (κ3) is 3.53. The minimum atomic E-state index is -0.477. The summed E-state index contributed by atoms with van der Waals surface area (Å²) in [6.07, 6.45) is 1.54. The molecule has 0 radical (unpaired) electrons. The summed E-state index contributed by atoms with van der Waals surface area (Å²) in [6, 6.07) is 12.4. The van der Waals surface area contributed by atoms with Crippen molar-refractivity contribution in [1.82, 2.24) is 4.98 Å². The van der Waals surface area contributed by atoms with E-state index < -0.39 is 4.92 Å². The Balaban J connectivity index is 1.96. The lowest BCUT2D eigenvalue weighted by atomic mass is 10.1. The average molecular weight is 365 g/mol. The van der Waals surface area contributed by atoms with Crippen LogP contribution in [0.25, 0.3) is 22.9 Å². The highest BCUT2D eigenvalue weighted by Gasteiger charge is 2.12. The molecule has 0 aliphatic heterocycles. The lowest BCUT2D eigenvalue weighted by Crippen LogP contribution is -1.88. The van der Waals surface area contributed by atoms with Gasteiger partial charge in [0.15, 0.2) is 11.5 Å². The van der Waals surface area contributed by atoms with Gasteiger partial charge in [0.1, 0.15) is 11.1 Å². The van der Waals surface area contributed by atoms with Gasteiger partial charge in [-0.2, -0.15) is 5.26 Å². The van der Waals surface area contributed by atoms with Crippen molar-refractivity contribution in [2.24, 2.45) is 0 Å². The molecule has 8 heteroatoms. The Morgan fingerprint density at radius 2 is 2.04 bits per heavy atom. The molecule has 3 rings (SSSR count). The molecule has 0 aliphatic carbocycles. The van der Waals surface area contributed by atoms with E-state index in [0.29, 0.717) is 21.8 Å². The Labute approximate surface area is 151 Å². The van der Waals surface area contributed by atoms with Gasteiger partial charge in [0, 0.05) is 23.1 Å². The molecule has 1 heterocycles. The first-order chi connectivity index (χ1) is 12.5. The first-order valence-corrected chi connectivity index (χ1v) is 8.20. The molecule has 7 nitrogen and oxygen atoms in total. The highest BCUT2D eigenvalue weighted by Crippen LogP contribution is 2.30. The molecular formula is C18H11N3O4S. The van der Waals surface area contributed by atoms with Crippen LogP contribution in [0.1, 0.15) is 10.6 Å². The number of aromatic nitrogens is 1. The molecule has 0 saturated carbocycles. The van der Waals surface area contributed by atoms with Crippen molar-refractivity contribution in [2.45, 2.75) is 0 Å². The SMILES string of the molecule is N#C/C(=C\c1ccc(O)c(O)c1)c1nc(-c2cccc([N+](=O)[O-])c2)cs1. The number of hydrogen-bond acceptors (Lipinski definition) is 7. The lowest BCUT2D eigenvalue weighted by Gasteiger charge is -2.00. The van der Waals surface area contributed by atoms with E-state index in [0.717, 1.165) is 0 Å². The van der Waals surface area contributed by atoms with Crippen LogP contribution in [0.15, 0.2) is 47.8 Å². The van der Waals surface area contributed by atoms with Gasteiger partial charge in [-0.25, -0.2) is 4.98 Å². The number of rotatable bonds is 4. The van der Waals surface area contributed by atoms with E-state index >= 15 is 0 Å². The van der Waals surface area contributed by atoms with Crippen LogP contribution in [-0.2, 0) is 0 Å². The topological polar surface area (TPSA) is 120 Å². The molecule has 0 atom stereocenters. The van der Waals surface area contributed by atoms with Gasteiger partial charge in [-0.15, -0.1) is 11.3 Å². The number of phenolic OH excluding ortho intramolecular Hbond substituents is 2. The molecule has 1 aromatic heterocycles. The Kier molecular flexibility index (Phi) is 4.64. The fourth-order valence-electron chi connectivity index (χ4n) is 2.25. The van der Waals surface area contributed by atoms with E-state index in [9.17, 15) is 25.6 Å². The van der Waals surface area contributed by atoms with E-state index in [1.807, 2.05) is 0 Å². The van der Waals surface area contributed by atoms with Crippen molar-refractivity contribution in [3.63, 3.8) is 0 Å². The third-order valence-electron chi connectivity index (χ3n) is 3.52. The minimum absolute atomic E-state index is 0.0346. The third-order valence-corrected chi connectivity index (χ3v) is 4.39. The van der Waals surface area contributed by atoms with Crippen LogP contribution in [0.4, 0.5) is 5.69 Å². The second-order valence-electron chi connectivity index (χ2n) is 5.26. The number of non-ortho nitro benzene ring substituents is 1. The van der Waals surface area contributed by atoms with E-state index in [-0.39, 0.29) is 22.8 Å². The lowest BCUT2D eigenvalue weighted by molar-refractivity contribution is -0.384.